The van der Waals surface area contributed by atoms with E-state index < -0.39 is 0 Å². The normalized spacial score (nSPS) is 14.2. The second kappa shape index (κ2) is 7.28. The van der Waals surface area contributed by atoms with Crippen LogP contribution in [0, 0.1) is 5.82 Å². The monoisotopic (exact) mass is 365 g/mol. The van der Waals surface area contributed by atoms with Crippen molar-refractivity contribution in [3.8, 4) is 11.3 Å². The Bertz CT molecular complexity index is 939. The molecule has 1 atom stereocenters. The molecule has 0 saturated heterocycles. The largest absolute Gasteiger partial charge is 0.332 e. The molecule has 7 heteroatoms. The van der Waals surface area contributed by atoms with E-state index in [0.717, 1.165) is 28.1 Å². The molecule has 0 bridgehead atoms. The molecule has 138 valence electrons. The quantitative estimate of drug-likeness (QED) is 0.727. The summed E-state index contributed by atoms with van der Waals surface area (Å²) in [6, 6.07) is 9.88. The van der Waals surface area contributed by atoms with Crippen molar-refractivity contribution >= 4 is 5.91 Å². The summed E-state index contributed by atoms with van der Waals surface area (Å²) in [5, 5.41) is 7.43. The van der Waals surface area contributed by atoms with Gasteiger partial charge in [0, 0.05) is 23.5 Å². The highest BCUT2D eigenvalue weighted by Gasteiger charge is 2.32. The summed E-state index contributed by atoms with van der Waals surface area (Å²) in [7, 11) is 0. The van der Waals surface area contributed by atoms with Gasteiger partial charge >= 0.3 is 0 Å². The zero-order valence-corrected chi connectivity index (χ0v) is 14.7. The number of nitrogens with two attached hydrogens (primary N) is 1. The molecule has 3 N–H and O–H groups in total. The number of hydrogen-bond acceptors (Lipinski definition) is 4. The van der Waals surface area contributed by atoms with Crippen LogP contribution in [0.4, 0.5) is 4.39 Å². The molecule has 3 heterocycles. The van der Waals surface area contributed by atoms with Gasteiger partial charge in [-0.3, -0.25) is 14.9 Å². The van der Waals surface area contributed by atoms with Crippen LogP contribution in [0.5, 0.6) is 0 Å². The van der Waals surface area contributed by atoms with Gasteiger partial charge in [0.05, 0.1) is 30.4 Å². The van der Waals surface area contributed by atoms with Gasteiger partial charge in [0.25, 0.3) is 0 Å². The minimum atomic E-state index is -0.380. The summed E-state index contributed by atoms with van der Waals surface area (Å²) < 4.78 is 13.2. The summed E-state index contributed by atoms with van der Waals surface area (Å²) in [5.74, 6) is -0.704. The minimum Gasteiger partial charge on any atom is -0.332 e. The molecule has 4 rings (SSSR count). The molecule has 0 fully saturated rings. The van der Waals surface area contributed by atoms with E-state index in [1.165, 1.54) is 12.1 Å². The van der Waals surface area contributed by atoms with Gasteiger partial charge in [-0.05, 0) is 42.8 Å². The zero-order chi connectivity index (χ0) is 18.8. The summed E-state index contributed by atoms with van der Waals surface area (Å²) in [4.78, 5) is 19.1. The fraction of sp³-hybridized carbons (Fsp3) is 0.250. The summed E-state index contributed by atoms with van der Waals surface area (Å²) in [6.45, 7) is 1.34. The third-order valence-electron chi connectivity index (χ3n) is 4.92. The van der Waals surface area contributed by atoms with Crippen LogP contribution < -0.4 is 5.73 Å². The standard InChI is InChI=1S/C20H20FN5O/c21-15-5-3-13(4-6-15)16(7-8-22)20(27)26-11-17-18(12-26)24-25-19(17)14-2-1-9-23-10-14/h1-6,9-10,16H,7-8,11-12,22H2,(H,24,25). The van der Waals surface area contributed by atoms with E-state index in [0.29, 0.717) is 26.1 Å². The van der Waals surface area contributed by atoms with E-state index in [9.17, 15) is 9.18 Å². The second-order valence-electron chi connectivity index (χ2n) is 6.65. The Balaban J connectivity index is 1.57. The molecular formula is C20H20FN5O. The van der Waals surface area contributed by atoms with E-state index >= 15 is 0 Å². The van der Waals surface area contributed by atoms with E-state index in [4.69, 9.17) is 5.73 Å². The lowest BCUT2D eigenvalue weighted by atomic mass is 9.94. The lowest BCUT2D eigenvalue weighted by Gasteiger charge is -2.23. The molecule has 1 aliphatic heterocycles. The molecule has 1 amide bonds. The van der Waals surface area contributed by atoms with Gasteiger partial charge in [0.2, 0.25) is 5.91 Å². The Labute approximate surface area is 156 Å². The highest BCUT2D eigenvalue weighted by atomic mass is 19.1. The van der Waals surface area contributed by atoms with Crippen LogP contribution in [-0.2, 0) is 17.9 Å². The summed E-state index contributed by atoms with van der Waals surface area (Å²) in [5.41, 5.74) is 10.2. The van der Waals surface area contributed by atoms with E-state index in [-0.39, 0.29) is 17.6 Å². The van der Waals surface area contributed by atoms with Crippen molar-refractivity contribution < 1.29 is 9.18 Å². The SMILES string of the molecule is NCCC(C(=O)N1Cc2[nH]nc(-c3cccnc3)c2C1)c1ccc(F)cc1. The van der Waals surface area contributed by atoms with Gasteiger partial charge in [-0.1, -0.05) is 12.1 Å². The Kier molecular flexibility index (Phi) is 4.68. The molecule has 3 aromatic rings. The fourth-order valence-corrected chi connectivity index (χ4v) is 3.55. The van der Waals surface area contributed by atoms with Crippen LogP contribution in [0.25, 0.3) is 11.3 Å². The van der Waals surface area contributed by atoms with E-state index in [1.54, 1.807) is 29.4 Å². The molecule has 0 aliphatic carbocycles. The molecule has 0 saturated carbocycles. The number of halogens is 1. The number of pyridine rings is 1. The maximum Gasteiger partial charge on any atom is 0.230 e. The minimum absolute atomic E-state index is 0.00575. The van der Waals surface area contributed by atoms with Crippen molar-refractivity contribution in [2.75, 3.05) is 6.54 Å². The highest BCUT2D eigenvalue weighted by molar-refractivity contribution is 5.84. The fourth-order valence-electron chi connectivity index (χ4n) is 3.55. The molecule has 1 unspecified atom stereocenters. The number of carbonyl (C=O) groups is 1. The van der Waals surface area contributed by atoms with Crippen molar-refractivity contribution in [1.82, 2.24) is 20.1 Å². The molecule has 1 aromatic carbocycles. The Morgan fingerprint density at radius 2 is 2.07 bits per heavy atom. The van der Waals surface area contributed by atoms with Gasteiger partial charge < -0.3 is 10.6 Å². The van der Waals surface area contributed by atoms with Crippen LogP contribution in [0.2, 0.25) is 0 Å². The number of carbonyl (C=O) groups excluding carboxylic acids is 1. The average molecular weight is 365 g/mol. The lowest BCUT2D eigenvalue weighted by molar-refractivity contribution is -0.133. The first-order chi connectivity index (χ1) is 13.2. The van der Waals surface area contributed by atoms with Gasteiger partial charge in [0.15, 0.2) is 0 Å². The van der Waals surface area contributed by atoms with Crippen LogP contribution >= 0.6 is 0 Å². The number of amides is 1. The van der Waals surface area contributed by atoms with Crippen molar-refractivity contribution in [3.05, 3.63) is 71.4 Å². The van der Waals surface area contributed by atoms with Crippen molar-refractivity contribution in [1.29, 1.82) is 0 Å². The highest BCUT2D eigenvalue weighted by Crippen LogP contribution is 2.33. The number of fused-ring (bicyclic) bond motifs is 1. The average Bonchev–Trinajstić information content (AvgIpc) is 3.28. The lowest BCUT2D eigenvalue weighted by Crippen LogP contribution is -2.32. The number of benzene rings is 1. The second-order valence-corrected chi connectivity index (χ2v) is 6.65. The maximum atomic E-state index is 13.2. The summed E-state index contributed by atoms with van der Waals surface area (Å²) >= 11 is 0. The predicted octanol–water partition coefficient (Wildman–Crippen LogP) is 2.59. The number of aromatic amines is 1. The Morgan fingerprint density at radius 1 is 1.26 bits per heavy atom. The topological polar surface area (TPSA) is 87.9 Å². The van der Waals surface area contributed by atoms with Gasteiger partial charge in [0.1, 0.15) is 5.82 Å². The molecule has 0 spiro atoms. The van der Waals surface area contributed by atoms with Gasteiger partial charge in [-0.25, -0.2) is 4.39 Å². The third kappa shape index (κ3) is 3.33. The maximum absolute atomic E-state index is 13.2. The Hall–Kier alpha value is -3.06. The molecule has 2 aromatic heterocycles. The zero-order valence-electron chi connectivity index (χ0n) is 14.7. The van der Waals surface area contributed by atoms with Crippen LogP contribution in [0.3, 0.4) is 0 Å². The number of aromatic nitrogens is 3. The number of hydrogen-bond donors (Lipinski definition) is 2. The van der Waals surface area contributed by atoms with Crippen molar-refractivity contribution in [2.45, 2.75) is 25.4 Å². The van der Waals surface area contributed by atoms with E-state index in [2.05, 4.69) is 15.2 Å². The molecular weight excluding hydrogens is 345 g/mol. The molecule has 0 radical (unpaired) electrons. The molecule has 6 nitrogen and oxygen atoms in total. The number of nitrogens with zero attached hydrogens (tertiary/aromatic N) is 3. The van der Waals surface area contributed by atoms with Gasteiger partial charge in [-0.15, -0.1) is 0 Å². The smallest absolute Gasteiger partial charge is 0.230 e. The Morgan fingerprint density at radius 3 is 2.78 bits per heavy atom. The first kappa shape index (κ1) is 17.4. The first-order valence-corrected chi connectivity index (χ1v) is 8.88. The number of H-pyrrole nitrogens is 1. The van der Waals surface area contributed by atoms with Crippen LogP contribution in [0.1, 0.15) is 29.2 Å². The van der Waals surface area contributed by atoms with E-state index in [1.807, 2.05) is 12.1 Å². The van der Waals surface area contributed by atoms with Crippen LogP contribution in [0.15, 0.2) is 48.8 Å². The number of nitrogens with one attached hydrogen (secondary N) is 1. The molecule has 27 heavy (non-hydrogen) atoms. The third-order valence-corrected chi connectivity index (χ3v) is 4.92. The summed E-state index contributed by atoms with van der Waals surface area (Å²) in [6.07, 6.45) is 3.99. The number of rotatable bonds is 5. The first-order valence-electron chi connectivity index (χ1n) is 8.88. The van der Waals surface area contributed by atoms with Gasteiger partial charge in [-0.2, -0.15) is 5.10 Å². The predicted molar refractivity (Wildman–Crippen MR) is 98.9 cm³/mol. The molecule has 1 aliphatic rings. The van der Waals surface area contributed by atoms with Crippen molar-refractivity contribution in [2.24, 2.45) is 5.73 Å². The van der Waals surface area contributed by atoms with Crippen LogP contribution in [-0.4, -0.2) is 32.5 Å². The van der Waals surface area contributed by atoms with Crippen molar-refractivity contribution in [3.63, 3.8) is 0 Å².